The lowest BCUT2D eigenvalue weighted by molar-refractivity contribution is -0.122. The molecule has 0 aliphatic carbocycles. The highest BCUT2D eigenvalue weighted by Gasteiger charge is 2.34. The lowest BCUT2D eigenvalue weighted by Crippen LogP contribution is -2.50. The number of nitrogens with zero attached hydrogens (tertiary/aromatic N) is 1. The number of piperidine rings is 1. The van der Waals surface area contributed by atoms with Gasteiger partial charge in [-0.1, -0.05) is 0 Å². The van der Waals surface area contributed by atoms with Crippen LogP contribution in [0, 0.1) is 6.42 Å². The Morgan fingerprint density at radius 3 is 2.79 bits per heavy atom. The molecule has 1 radical (unpaired) electrons. The summed E-state index contributed by atoms with van der Waals surface area (Å²) < 4.78 is 24.4. The number of primary amides is 1. The number of hydrogen-bond donors (Lipinski definition) is 1. The summed E-state index contributed by atoms with van der Waals surface area (Å²) in [5, 5.41) is 0. The Morgan fingerprint density at radius 1 is 1.64 bits per heavy atom. The maximum Gasteiger partial charge on any atom is 0.235 e. The van der Waals surface area contributed by atoms with Crippen LogP contribution in [0.15, 0.2) is 0 Å². The van der Waals surface area contributed by atoms with Gasteiger partial charge in [0.25, 0.3) is 0 Å². The molecule has 1 heterocycles. The summed E-state index contributed by atoms with van der Waals surface area (Å²) in [6.45, 7) is 1.93. The van der Waals surface area contributed by atoms with Crippen molar-refractivity contribution in [3.8, 4) is 0 Å². The van der Waals surface area contributed by atoms with Crippen LogP contribution < -0.4 is 5.73 Å². The summed E-state index contributed by atoms with van der Waals surface area (Å²) in [6, 6.07) is -0.686. The number of carbonyl (C=O) groups is 1. The topological polar surface area (TPSA) is 80.5 Å². The fourth-order valence-electron chi connectivity index (χ4n) is 1.52. The van der Waals surface area contributed by atoms with Crippen molar-refractivity contribution in [3.05, 3.63) is 6.42 Å². The molecule has 14 heavy (non-hydrogen) atoms. The third-order valence-electron chi connectivity index (χ3n) is 2.34. The molecule has 1 unspecified atom stereocenters. The molecule has 1 aliphatic rings. The lowest BCUT2D eigenvalue weighted by Gasteiger charge is -2.31. The van der Waals surface area contributed by atoms with Gasteiger partial charge < -0.3 is 5.73 Å². The van der Waals surface area contributed by atoms with Crippen molar-refractivity contribution >= 4 is 15.9 Å². The molecule has 0 aromatic rings. The Balaban J connectivity index is 2.88. The molecule has 0 saturated carbocycles. The van der Waals surface area contributed by atoms with Gasteiger partial charge in [0.15, 0.2) is 0 Å². The zero-order chi connectivity index (χ0) is 10.8. The van der Waals surface area contributed by atoms with Gasteiger partial charge in [0.1, 0.15) is 6.04 Å². The highest BCUT2D eigenvalue weighted by molar-refractivity contribution is 7.89. The highest BCUT2D eigenvalue weighted by Crippen LogP contribution is 2.19. The lowest BCUT2D eigenvalue weighted by atomic mass is 10.0. The van der Waals surface area contributed by atoms with Crippen molar-refractivity contribution in [1.82, 2.24) is 4.31 Å². The first-order valence-electron chi connectivity index (χ1n) is 4.59. The molecule has 81 valence electrons. The third kappa shape index (κ3) is 2.24. The minimum atomic E-state index is -3.30. The van der Waals surface area contributed by atoms with Crippen molar-refractivity contribution in [1.29, 1.82) is 0 Å². The van der Waals surface area contributed by atoms with Crippen LogP contribution in [0.5, 0.6) is 0 Å². The molecule has 1 amide bonds. The first kappa shape index (κ1) is 11.5. The Kier molecular flexibility index (Phi) is 3.49. The second-order valence-corrected chi connectivity index (χ2v) is 5.45. The van der Waals surface area contributed by atoms with E-state index in [0.717, 1.165) is 0 Å². The maximum atomic E-state index is 11.6. The summed E-state index contributed by atoms with van der Waals surface area (Å²) in [7, 11) is -3.30. The van der Waals surface area contributed by atoms with Crippen LogP contribution in [0.1, 0.15) is 19.8 Å². The largest absolute Gasteiger partial charge is 0.368 e. The molecule has 0 aromatic carbocycles. The van der Waals surface area contributed by atoms with E-state index in [-0.39, 0.29) is 5.75 Å². The summed E-state index contributed by atoms with van der Waals surface area (Å²) >= 11 is 0. The van der Waals surface area contributed by atoms with Crippen LogP contribution in [0.3, 0.4) is 0 Å². The number of carbonyl (C=O) groups excluding carboxylic acids is 1. The minimum Gasteiger partial charge on any atom is -0.368 e. The second-order valence-electron chi connectivity index (χ2n) is 3.24. The van der Waals surface area contributed by atoms with Gasteiger partial charge in [0.05, 0.1) is 5.75 Å². The van der Waals surface area contributed by atoms with Gasteiger partial charge in [-0.25, -0.2) is 8.42 Å². The number of amides is 1. The monoisotopic (exact) mass is 219 g/mol. The molecule has 0 spiro atoms. The molecule has 1 saturated heterocycles. The fourth-order valence-corrected chi connectivity index (χ4v) is 2.82. The van der Waals surface area contributed by atoms with E-state index in [4.69, 9.17) is 5.73 Å². The average molecular weight is 219 g/mol. The van der Waals surface area contributed by atoms with Crippen molar-refractivity contribution in [2.24, 2.45) is 5.73 Å². The van der Waals surface area contributed by atoms with Crippen LogP contribution in [-0.2, 0) is 14.8 Å². The molecule has 2 N–H and O–H groups in total. The number of sulfonamides is 1. The second kappa shape index (κ2) is 4.27. The SMILES string of the molecule is CCS(=O)(=O)N1CC[CH]CC1C(N)=O. The number of hydrogen-bond acceptors (Lipinski definition) is 3. The van der Waals surface area contributed by atoms with Crippen LogP contribution in [0.4, 0.5) is 0 Å². The summed E-state index contributed by atoms with van der Waals surface area (Å²) in [5.74, 6) is -0.561. The molecular weight excluding hydrogens is 204 g/mol. The quantitative estimate of drug-likeness (QED) is 0.694. The molecule has 5 nitrogen and oxygen atoms in total. The first-order valence-corrected chi connectivity index (χ1v) is 6.20. The van der Waals surface area contributed by atoms with Crippen LogP contribution in [-0.4, -0.2) is 37.0 Å². The first-order chi connectivity index (χ1) is 6.49. The normalized spacial score (nSPS) is 24.8. The van der Waals surface area contributed by atoms with E-state index in [1.807, 2.05) is 6.42 Å². The fraction of sp³-hybridized carbons (Fsp3) is 0.750. The van der Waals surface area contributed by atoms with Gasteiger partial charge in [-0.3, -0.25) is 4.79 Å². The standard InChI is InChI=1S/C8H15N2O3S/c1-2-14(12,13)10-6-4-3-5-7(10)8(9)11/h3,7H,2,4-6H2,1H3,(H2,9,11). The predicted molar refractivity (Wildman–Crippen MR) is 52.7 cm³/mol. The molecule has 0 bridgehead atoms. The molecular formula is C8H15N2O3S. The van der Waals surface area contributed by atoms with Crippen molar-refractivity contribution in [2.45, 2.75) is 25.8 Å². The average Bonchev–Trinajstić information content (AvgIpc) is 2.18. The molecule has 0 aromatic heterocycles. The smallest absolute Gasteiger partial charge is 0.235 e. The van der Waals surface area contributed by atoms with E-state index < -0.39 is 22.0 Å². The van der Waals surface area contributed by atoms with E-state index in [9.17, 15) is 13.2 Å². The zero-order valence-corrected chi connectivity index (χ0v) is 8.96. The Morgan fingerprint density at radius 2 is 2.29 bits per heavy atom. The predicted octanol–water partition coefficient (Wildman–Crippen LogP) is -0.510. The van der Waals surface area contributed by atoms with Crippen LogP contribution in [0.2, 0.25) is 0 Å². The van der Waals surface area contributed by atoms with Gasteiger partial charge in [0, 0.05) is 6.54 Å². The van der Waals surface area contributed by atoms with Crippen molar-refractivity contribution in [3.63, 3.8) is 0 Å². The molecule has 1 aliphatic heterocycles. The maximum absolute atomic E-state index is 11.6. The van der Waals surface area contributed by atoms with E-state index in [1.165, 1.54) is 4.31 Å². The summed E-state index contributed by atoms with van der Waals surface area (Å²) in [5.41, 5.74) is 5.14. The third-order valence-corrected chi connectivity index (χ3v) is 4.22. The van der Waals surface area contributed by atoms with Crippen LogP contribution >= 0.6 is 0 Å². The Labute approximate surface area is 84.3 Å². The highest BCUT2D eigenvalue weighted by atomic mass is 32.2. The van der Waals surface area contributed by atoms with Crippen LogP contribution in [0.25, 0.3) is 0 Å². The summed E-state index contributed by atoms with van der Waals surface area (Å²) in [4.78, 5) is 11.0. The van der Waals surface area contributed by atoms with E-state index in [1.54, 1.807) is 6.92 Å². The van der Waals surface area contributed by atoms with Crippen molar-refractivity contribution < 1.29 is 13.2 Å². The number of rotatable bonds is 3. The zero-order valence-electron chi connectivity index (χ0n) is 8.14. The van der Waals surface area contributed by atoms with Gasteiger partial charge >= 0.3 is 0 Å². The Hall–Kier alpha value is -0.620. The molecule has 1 fully saturated rings. The van der Waals surface area contributed by atoms with Gasteiger partial charge in [-0.2, -0.15) is 4.31 Å². The van der Waals surface area contributed by atoms with Crippen molar-refractivity contribution in [2.75, 3.05) is 12.3 Å². The summed E-state index contributed by atoms with van der Waals surface area (Å²) in [6.07, 6.45) is 3.01. The van der Waals surface area contributed by atoms with Gasteiger partial charge in [-0.05, 0) is 26.2 Å². The van der Waals surface area contributed by atoms with Gasteiger partial charge in [0.2, 0.25) is 15.9 Å². The molecule has 1 atom stereocenters. The molecule has 1 rings (SSSR count). The number of nitrogens with two attached hydrogens (primary N) is 1. The van der Waals surface area contributed by atoms with E-state index in [2.05, 4.69) is 0 Å². The molecule has 6 heteroatoms. The minimum absolute atomic E-state index is 0.0107. The Bertz CT molecular complexity index is 313. The van der Waals surface area contributed by atoms with Gasteiger partial charge in [-0.15, -0.1) is 0 Å². The van der Waals surface area contributed by atoms with E-state index in [0.29, 0.717) is 19.4 Å². The van der Waals surface area contributed by atoms with E-state index >= 15 is 0 Å².